The number of fused-ring (bicyclic) bond motifs is 1. The standard InChI is InChI=1S/C16H17N3O2/c1-3-19(9-8-15(20)21-2)16-12(10-17)11-18-14-7-5-4-6-13(14)16/h4-7,11H,3,8-9H2,1-2H3. The molecule has 2 aromatic rings. The number of aromatic nitrogens is 1. The number of hydrogen-bond acceptors (Lipinski definition) is 5. The van der Waals surface area contributed by atoms with E-state index in [4.69, 9.17) is 0 Å². The van der Waals surface area contributed by atoms with Crippen LogP contribution in [0.4, 0.5) is 5.69 Å². The molecule has 0 fully saturated rings. The number of ether oxygens (including phenoxy) is 1. The van der Waals surface area contributed by atoms with E-state index in [2.05, 4.69) is 15.8 Å². The SMILES string of the molecule is CCN(CCC(=O)OC)c1c(C#N)cnc2ccccc12. The summed E-state index contributed by atoms with van der Waals surface area (Å²) in [5.41, 5.74) is 2.18. The predicted octanol–water partition coefficient (Wildman–Crippen LogP) is 2.50. The zero-order valence-electron chi connectivity index (χ0n) is 12.2. The van der Waals surface area contributed by atoms with Crippen molar-refractivity contribution in [2.45, 2.75) is 13.3 Å². The summed E-state index contributed by atoms with van der Waals surface area (Å²) < 4.78 is 4.68. The summed E-state index contributed by atoms with van der Waals surface area (Å²) in [4.78, 5) is 17.7. The molecule has 0 aliphatic carbocycles. The minimum absolute atomic E-state index is 0.259. The number of esters is 1. The molecule has 0 aliphatic heterocycles. The van der Waals surface area contributed by atoms with Crippen molar-refractivity contribution in [3.63, 3.8) is 0 Å². The molecule has 21 heavy (non-hydrogen) atoms. The molecular formula is C16H17N3O2. The largest absolute Gasteiger partial charge is 0.469 e. The summed E-state index contributed by atoms with van der Waals surface area (Å²) in [6, 6.07) is 9.87. The molecule has 0 aliphatic rings. The van der Waals surface area contributed by atoms with Gasteiger partial charge in [0.15, 0.2) is 0 Å². The van der Waals surface area contributed by atoms with E-state index >= 15 is 0 Å². The number of carbonyl (C=O) groups excluding carboxylic acids is 1. The lowest BCUT2D eigenvalue weighted by Gasteiger charge is -2.25. The molecule has 108 valence electrons. The van der Waals surface area contributed by atoms with Gasteiger partial charge >= 0.3 is 5.97 Å². The van der Waals surface area contributed by atoms with Crippen molar-refractivity contribution in [3.8, 4) is 6.07 Å². The topological polar surface area (TPSA) is 66.2 Å². The lowest BCUT2D eigenvalue weighted by molar-refractivity contribution is -0.140. The minimum Gasteiger partial charge on any atom is -0.469 e. The van der Waals surface area contributed by atoms with Crippen LogP contribution in [0.1, 0.15) is 18.9 Å². The lowest BCUT2D eigenvalue weighted by Crippen LogP contribution is -2.27. The number of carbonyl (C=O) groups is 1. The second kappa shape index (κ2) is 6.71. The molecule has 0 amide bonds. The number of nitriles is 1. The molecule has 5 heteroatoms. The maximum absolute atomic E-state index is 11.4. The molecule has 1 heterocycles. The third kappa shape index (κ3) is 3.11. The second-order valence-corrected chi connectivity index (χ2v) is 4.56. The highest BCUT2D eigenvalue weighted by Gasteiger charge is 2.15. The number of anilines is 1. The van der Waals surface area contributed by atoms with Gasteiger partial charge in [0.2, 0.25) is 0 Å². The fourth-order valence-electron chi connectivity index (χ4n) is 2.31. The van der Waals surface area contributed by atoms with Crippen LogP contribution < -0.4 is 4.90 Å². The van der Waals surface area contributed by atoms with E-state index in [0.29, 0.717) is 18.7 Å². The fourth-order valence-corrected chi connectivity index (χ4v) is 2.31. The number of methoxy groups -OCH3 is 1. The summed E-state index contributed by atoms with van der Waals surface area (Å²) in [7, 11) is 1.38. The summed E-state index contributed by atoms with van der Waals surface area (Å²) in [5, 5.41) is 10.3. The lowest BCUT2D eigenvalue weighted by atomic mass is 10.1. The molecule has 0 spiro atoms. The third-order valence-corrected chi connectivity index (χ3v) is 3.38. The van der Waals surface area contributed by atoms with Crippen LogP contribution in [-0.2, 0) is 9.53 Å². The van der Waals surface area contributed by atoms with Crippen molar-refractivity contribution in [1.29, 1.82) is 5.26 Å². The summed E-state index contributed by atoms with van der Waals surface area (Å²) in [6.07, 6.45) is 1.87. The Balaban J connectivity index is 2.46. The highest BCUT2D eigenvalue weighted by atomic mass is 16.5. The number of hydrogen-bond donors (Lipinski definition) is 0. The average Bonchev–Trinajstić information content (AvgIpc) is 2.54. The van der Waals surface area contributed by atoms with Crippen LogP contribution in [0, 0.1) is 11.3 Å². The van der Waals surface area contributed by atoms with Gasteiger partial charge in [-0.05, 0) is 13.0 Å². The average molecular weight is 283 g/mol. The Morgan fingerprint density at radius 1 is 1.43 bits per heavy atom. The Labute approximate surface area is 123 Å². The van der Waals surface area contributed by atoms with E-state index in [1.54, 1.807) is 6.20 Å². The van der Waals surface area contributed by atoms with Crippen LogP contribution in [-0.4, -0.2) is 31.2 Å². The quantitative estimate of drug-likeness (QED) is 0.789. The van der Waals surface area contributed by atoms with Crippen LogP contribution in [0.25, 0.3) is 10.9 Å². The predicted molar refractivity (Wildman–Crippen MR) is 81.0 cm³/mol. The Morgan fingerprint density at radius 2 is 2.19 bits per heavy atom. The van der Waals surface area contributed by atoms with Crippen molar-refractivity contribution in [2.24, 2.45) is 0 Å². The zero-order valence-corrected chi connectivity index (χ0v) is 12.2. The van der Waals surface area contributed by atoms with Crippen LogP contribution >= 0.6 is 0 Å². The zero-order chi connectivity index (χ0) is 15.2. The van der Waals surface area contributed by atoms with E-state index in [0.717, 1.165) is 16.6 Å². The smallest absolute Gasteiger partial charge is 0.307 e. The van der Waals surface area contributed by atoms with E-state index < -0.39 is 0 Å². The van der Waals surface area contributed by atoms with Gasteiger partial charge in [-0.15, -0.1) is 0 Å². The van der Waals surface area contributed by atoms with Crippen LogP contribution in [0.5, 0.6) is 0 Å². The van der Waals surface area contributed by atoms with Gasteiger partial charge in [-0.1, -0.05) is 18.2 Å². The first-order valence-corrected chi connectivity index (χ1v) is 6.80. The van der Waals surface area contributed by atoms with Gasteiger partial charge in [0.05, 0.1) is 30.3 Å². The normalized spacial score (nSPS) is 10.1. The van der Waals surface area contributed by atoms with Gasteiger partial charge < -0.3 is 9.64 Å². The summed E-state index contributed by atoms with van der Waals surface area (Å²) >= 11 is 0. The van der Waals surface area contributed by atoms with Gasteiger partial charge in [0.1, 0.15) is 6.07 Å². The van der Waals surface area contributed by atoms with Crippen molar-refractivity contribution < 1.29 is 9.53 Å². The van der Waals surface area contributed by atoms with E-state index in [9.17, 15) is 10.1 Å². The molecular weight excluding hydrogens is 266 g/mol. The minimum atomic E-state index is -0.259. The third-order valence-electron chi connectivity index (χ3n) is 3.38. The van der Waals surface area contributed by atoms with Crippen LogP contribution in [0.2, 0.25) is 0 Å². The Kier molecular flexibility index (Phi) is 4.72. The molecule has 0 radical (unpaired) electrons. The number of nitrogens with zero attached hydrogens (tertiary/aromatic N) is 3. The molecule has 1 aromatic carbocycles. The van der Waals surface area contributed by atoms with Gasteiger partial charge in [-0.25, -0.2) is 0 Å². The first kappa shape index (κ1) is 14.8. The van der Waals surface area contributed by atoms with E-state index in [1.807, 2.05) is 36.1 Å². The maximum Gasteiger partial charge on any atom is 0.307 e. The van der Waals surface area contributed by atoms with Crippen LogP contribution in [0.15, 0.2) is 30.5 Å². The number of pyridine rings is 1. The van der Waals surface area contributed by atoms with Crippen molar-refractivity contribution in [2.75, 3.05) is 25.1 Å². The van der Waals surface area contributed by atoms with Gasteiger partial charge in [-0.3, -0.25) is 9.78 Å². The highest BCUT2D eigenvalue weighted by molar-refractivity contribution is 5.94. The molecule has 1 aromatic heterocycles. The van der Waals surface area contributed by atoms with Crippen molar-refractivity contribution in [1.82, 2.24) is 4.98 Å². The van der Waals surface area contributed by atoms with Crippen LogP contribution in [0.3, 0.4) is 0 Å². The number of para-hydroxylation sites is 1. The second-order valence-electron chi connectivity index (χ2n) is 4.56. The summed E-state index contributed by atoms with van der Waals surface area (Å²) in [6.45, 7) is 3.19. The molecule has 5 nitrogen and oxygen atoms in total. The molecule has 0 bridgehead atoms. The first-order valence-electron chi connectivity index (χ1n) is 6.80. The molecule has 2 rings (SSSR count). The number of rotatable bonds is 5. The highest BCUT2D eigenvalue weighted by Crippen LogP contribution is 2.29. The molecule has 0 saturated heterocycles. The van der Waals surface area contributed by atoms with E-state index in [1.165, 1.54) is 7.11 Å². The molecule has 0 atom stereocenters. The molecule has 0 unspecified atom stereocenters. The Morgan fingerprint density at radius 3 is 2.86 bits per heavy atom. The van der Waals surface area contributed by atoms with E-state index in [-0.39, 0.29) is 12.4 Å². The van der Waals surface area contributed by atoms with Crippen molar-refractivity contribution in [3.05, 3.63) is 36.0 Å². The monoisotopic (exact) mass is 283 g/mol. The van der Waals surface area contributed by atoms with Gasteiger partial charge in [0.25, 0.3) is 0 Å². The number of benzene rings is 1. The maximum atomic E-state index is 11.4. The molecule has 0 N–H and O–H groups in total. The Bertz CT molecular complexity index is 691. The molecule has 0 saturated carbocycles. The van der Waals surface area contributed by atoms with Gasteiger partial charge in [0, 0.05) is 24.7 Å². The summed E-state index contributed by atoms with van der Waals surface area (Å²) in [5.74, 6) is -0.259. The first-order chi connectivity index (χ1) is 10.2. The fraction of sp³-hybridized carbons (Fsp3) is 0.312. The Hall–Kier alpha value is -2.61. The van der Waals surface area contributed by atoms with Crippen molar-refractivity contribution >= 4 is 22.6 Å². The van der Waals surface area contributed by atoms with Gasteiger partial charge in [-0.2, -0.15) is 5.26 Å².